The van der Waals surface area contributed by atoms with Gasteiger partial charge in [0.1, 0.15) is 0 Å². The quantitative estimate of drug-likeness (QED) is 0.477. The van der Waals surface area contributed by atoms with Gasteiger partial charge in [-0.3, -0.25) is 4.18 Å². The smallest absolute Gasteiger partial charge is 0.264 e. The van der Waals surface area contributed by atoms with Gasteiger partial charge in [-0.2, -0.15) is 8.42 Å². The molecule has 0 aliphatic carbocycles. The minimum Gasteiger partial charge on any atom is -0.270 e. The van der Waals surface area contributed by atoms with Gasteiger partial charge in [-0.25, -0.2) is 0 Å². The lowest BCUT2D eigenvalue weighted by Crippen LogP contribution is -2.06. The lowest BCUT2D eigenvalue weighted by molar-refractivity contribution is 0.344. The van der Waals surface area contributed by atoms with Crippen LogP contribution in [0, 0.1) is 0 Å². The number of hydrogen-bond donors (Lipinski definition) is 0. The molecule has 0 bridgehead atoms. The van der Waals surface area contributed by atoms with Gasteiger partial charge in [0.05, 0.1) is 12.9 Å². The summed E-state index contributed by atoms with van der Waals surface area (Å²) in [6.45, 7) is 4.50. The van der Waals surface area contributed by atoms with Gasteiger partial charge in [0.25, 0.3) is 10.1 Å². The number of rotatable bonds is 4. The van der Waals surface area contributed by atoms with Crippen molar-refractivity contribution in [2.24, 2.45) is 0 Å². The molecule has 0 rings (SSSR count). The van der Waals surface area contributed by atoms with Crippen molar-refractivity contribution in [3.63, 3.8) is 0 Å². The van der Waals surface area contributed by atoms with Crippen LogP contribution in [-0.2, 0) is 14.3 Å². The van der Waals surface area contributed by atoms with E-state index in [0.29, 0.717) is 6.61 Å². The Morgan fingerprint density at radius 3 is 2.20 bits per heavy atom. The van der Waals surface area contributed by atoms with Crippen LogP contribution in [0.2, 0.25) is 0 Å². The van der Waals surface area contributed by atoms with Crippen LogP contribution in [0.3, 0.4) is 0 Å². The minimum atomic E-state index is -3.21. The fourth-order valence-electron chi connectivity index (χ4n) is 0.371. The van der Waals surface area contributed by atoms with Gasteiger partial charge in [0, 0.05) is 0 Å². The Morgan fingerprint density at radius 2 is 1.90 bits per heavy atom. The zero-order valence-electron chi connectivity index (χ0n) is 6.49. The summed E-state index contributed by atoms with van der Waals surface area (Å²) in [5, 5.41) is 0. The largest absolute Gasteiger partial charge is 0.270 e. The van der Waals surface area contributed by atoms with Crippen LogP contribution in [0.5, 0.6) is 0 Å². The average molecular weight is 184 g/mol. The number of hydrogen-bond acceptors (Lipinski definition) is 3. The van der Waals surface area contributed by atoms with Gasteiger partial charge in [0.2, 0.25) is 0 Å². The molecule has 0 spiro atoms. The maximum absolute atomic E-state index is 10.4. The van der Waals surface area contributed by atoms with E-state index in [1.807, 2.05) is 0 Å². The summed E-state index contributed by atoms with van der Waals surface area (Å²) in [6, 6.07) is 0. The summed E-state index contributed by atoms with van der Waals surface area (Å²) >= 11 is 0. The van der Waals surface area contributed by atoms with Gasteiger partial charge in [-0.15, -0.1) is 7.92 Å². The predicted molar refractivity (Wildman–Crippen MR) is 44.4 cm³/mol. The van der Waals surface area contributed by atoms with Crippen molar-refractivity contribution in [3.8, 4) is 0 Å². The van der Waals surface area contributed by atoms with Crippen LogP contribution in [0.4, 0.5) is 0 Å². The molecule has 62 valence electrons. The van der Waals surface area contributed by atoms with Crippen molar-refractivity contribution in [1.82, 2.24) is 0 Å². The van der Waals surface area contributed by atoms with E-state index >= 15 is 0 Å². The Labute approximate surface area is 63.6 Å². The molecule has 0 fully saturated rings. The van der Waals surface area contributed by atoms with Gasteiger partial charge < -0.3 is 0 Å². The molecule has 3 nitrogen and oxygen atoms in total. The maximum atomic E-state index is 10.4. The lowest BCUT2D eigenvalue weighted by Gasteiger charge is -2.03. The third-order valence-electron chi connectivity index (χ3n) is 0.836. The zero-order chi connectivity index (χ0) is 8.20. The summed E-state index contributed by atoms with van der Waals surface area (Å²) in [5.74, 6) is 0. The summed E-state index contributed by atoms with van der Waals surface area (Å²) < 4.78 is 25.3. The summed E-state index contributed by atoms with van der Waals surface area (Å²) in [7, 11) is -3.25. The molecule has 0 heterocycles. The molecule has 0 radical (unpaired) electrons. The fourth-order valence-corrected chi connectivity index (χ4v) is 1.34. The SMILES string of the molecule is CP(C)CCOS(C)(=O)=O. The molecule has 0 N–H and O–H groups in total. The van der Waals surface area contributed by atoms with E-state index in [-0.39, 0.29) is 7.92 Å². The first-order chi connectivity index (χ1) is 4.42. The molecule has 0 aliphatic heterocycles. The van der Waals surface area contributed by atoms with Gasteiger partial charge in [-0.05, 0) is 19.5 Å². The highest BCUT2D eigenvalue weighted by atomic mass is 32.2. The van der Waals surface area contributed by atoms with Crippen LogP contribution in [-0.4, -0.2) is 40.8 Å². The molecule has 0 unspecified atom stereocenters. The van der Waals surface area contributed by atoms with Crippen LogP contribution < -0.4 is 0 Å². The van der Waals surface area contributed by atoms with Crippen molar-refractivity contribution in [3.05, 3.63) is 0 Å². The molecule has 0 amide bonds. The predicted octanol–water partition coefficient (Wildman–Crippen LogP) is 0.704. The Balaban J connectivity index is 3.39. The van der Waals surface area contributed by atoms with E-state index in [0.717, 1.165) is 12.4 Å². The molecule has 5 heteroatoms. The Hall–Kier alpha value is 0.340. The van der Waals surface area contributed by atoms with Crippen molar-refractivity contribution < 1.29 is 12.6 Å². The molecule has 0 aromatic carbocycles. The van der Waals surface area contributed by atoms with Crippen molar-refractivity contribution in [1.29, 1.82) is 0 Å². The second kappa shape index (κ2) is 4.27. The molecule has 0 saturated carbocycles. The van der Waals surface area contributed by atoms with E-state index in [4.69, 9.17) is 0 Å². The third-order valence-corrected chi connectivity index (χ3v) is 2.51. The molecule has 10 heavy (non-hydrogen) atoms. The second-order valence-corrected chi connectivity index (χ2v) is 6.58. The molecule has 0 aliphatic rings. The highest BCUT2D eigenvalue weighted by Crippen LogP contribution is 2.22. The topological polar surface area (TPSA) is 43.4 Å². The second-order valence-electron chi connectivity index (χ2n) is 2.33. The standard InChI is InChI=1S/C5H13O3PS/c1-9(2)5-4-8-10(3,6)7/h4-5H2,1-3H3. The van der Waals surface area contributed by atoms with Crippen molar-refractivity contribution in [2.75, 3.05) is 32.4 Å². The van der Waals surface area contributed by atoms with Crippen molar-refractivity contribution >= 4 is 18.0 Å². The van der Waals surface area contributed by atoms with Gasteiger partial charge in [0.15, 0.2) is 0 Å². The van der Waals surface area contributed by atoms with Gasteiger partial charge >= 0.3 is 0 Å². The third kappa shape index (κ3) is 8.34. The first-order valence-corrected chi connectivity index (χ1v) is 7.15. The molecule has 0 aromatic heterocycles. The normalized spacial score (nSPS) is 12.4. The average Bonchev–Trinajstić information content (AvgIpc) is 1.59. The first-order valence-electron chi connectivity index (χ1n) is 2.91. The Kier molecular flexibility index (Phi) is 4.41. The highest BCUT2D eigenvalue weighted by molar-refractivity contribution is 7.86. The molecule has 0 aromatic rings. The zero-order valence-corrected chi connectivity index (χ0v) is 8.21. The van der Waals surface area contributed by atoms with Crippen LogP contribution in [0.15, 0.2) is 0 Å². The Morgan fingerprint density at radius 1 is 1.40 bits per heavy atom. The van der Waals surface area contributed by atoms with Crippen LogP contribution in [0.1, 0.15) is 0 Å². The Bertz CT molecular complexity index is 173. The van der Waals surface area contributed by atoms with E-state index in [1.54, 1.807) is 0 Å². The van der Waals surface area contributed by atoms with E-state index < -0.39 is 10.1 Å². The van der Waals surface area contributed by atoms with Gasteiger partial charge in [-0.1, -0.05) is 0 Å². The summed E-state index contributed by atoms with van der Waals surface area (Å²) in [4.78, 5) is 0. The van der Waals surface area contributed by atoms with E-state index in [1.165, 1.54) is 0 Å². The molecular weight excluding hydrogens is 171 g/mol. The summed E-state index contributed by atoms with van der Waals surface area (Å²) in [5.41, 5.74) is 0. The maximum Gasteiger partial charge on any atom is 0.264 e. The monoisotopic (exact) mass is 184 g/mol. The molecule has 0 atom stereocenters. The first kappa shape index (κ1) is 10.3. The lowest BCUT2D eigenvalue weighted by atomic mass is 10.9. The molecule has 0 saturated heterocycles. The van der Waals surface area contributed by atoms with Crippen molar-refractivity contribution in [2.45, 2.75) is 0 Å². The van der Waals surface area contributed by atoms with Crippen LogP contribution in [0.25, 0.3) is 0 Å². The van der Waals surface area contributed by atoms with E-state index in [9.17, 15) is 8.42 Å². The van der Waals surface area contributed by atoms with Crippen LogP contribution >= 0.6 is 7.92 Å². The summed E-state index contributed by atoms with van der Waals surface area (Å²) in [6.07, 6.45) is 1.92. The van der Waals surface area contributed by atoms with E-state index in [2.05, 4.69) is 17.5 Å². The fraction of sp³-hybridized carbons (Fsp3) is 1.00. The highest BCUT2D eigenvalue weighted by Gasteiger charge is 2.01. The minimum absolute atomic E-state index is 0.0430. The molecular formula is C5H13O3PS.